The second-order valence-electron chi connectivity index (χ2n) is 9.09. The number of nitrogens with zero attached hydrogens (tertiary/aromatic N) is 3. The zero-order valence-electron chi connectivity index (χ0n) is 19.4. The Bertz CT molecular complexity index is 1310. The molecule has 1 aromatic carbocycles. The van der Waals surface area contributed by atoms with Crippen molar-refractivity contribution in [3.63, 3.8) is 0 Å². The molecule has 1 aliphatic carbocycles. The normalized spacial score (nSPS) is 15.7. The van der Waals surface area contributed by atoms with E-state index < -0.39 is 0 Å². The van der Waals surface area contributed by atoms with Gasteiger partial charge in [0.2, 0.25) is 0 Å². The second kappa shape index (κ2) is 9.43. The van der Waals surface area contributed by atoms with Gasteiger partial charge in [-0.1, -0.05) is 49.0 Å². The van der Waals surface area contributed by atoms with E-state index in [-0.39, 0.29) is 5.78 Å². The fourth-order valence-corrected chi connectivity index (χ4v) is 7.20. The molecule has 4 aromatic rings. The van der Waals surface area contributed by atoms with Gasteiger partial charge in [-0.2, -0.15) is 0 Å². The number of carbonyl (C=O) groups is 1. The molecule has 0 amide bonds. The van der Waals surface area contributed by atoms with Crippen LogP contribution in [-0.4, -0.2) is 26.1 Å². The Balaban J connectivity index is 1.32. The first-order valence-corrected chi connectivity index (χ1v) is 13.4. The van der Waals surface area contributed by atoms with Crippen LogP contribution in [0.25, 0.3) is 10.2 Å². The maximum Gasteiger partial charge on any atom is 0.174 e. The third-order valence-corrected chi connectivity index (χ3v) is 8.89. The van der Waals surface area contributed by atoms with Crippen molar-refractivity contribution in [3.05, 3.63) is 75.7 Å². The highest BCUT2D eigenvalue weighted by molar-refractivity contribution is 8.00. The van der Waals surface area contributed by atoms with Crippen molar-refractivity contribution >= 4 is 39.1 Å². The zero-order valence-corrected chi connectivity index (χ0v) is 21.1. The molecule has 5 rings (SSSR count). The van der Waals surface area contributed by atoms with Crippen molar-refractivity contribution in [3.8, 4) is 0 Å². The van der Waals surface area contributed by atoms with Gasteiger partial charge in [-0.15, -0.1) is 11.3 Å². The minimum absolute atomic E-state index is 0.170. The Morgan fingerprint density at radius 2 is 2.03 bits per heavy atom. The molecule has 0 N–H and O–H groups in total. The van der Waals surface area contributed by atoms with Crippen molar-refractivity contribution in [1.29, 1.82) is 0 Å². The molecule has 6 heteroatoms. The van der Waals surface area contributed by atoms with Gasteiger partial charge in [0.05, 0.1) is 5.75 Å². The molecule has 0 saturated carbocycles. The topological polar surface area (TPSA) is 47.8 Å². The Hall–Kier alpha value is -2.44. The van der Waals surface area contributed by atoms with Crippen LogP contribution in [0.4, 0.5) is 0 Å². The Labute approximate surface area is 203 Å². The average Bonchev–Trinajstić information content (AvgIpc) is 3.33. The number of aromatic nitrogens is 3. The first-order chi connectivity index (χ1) is 16.0. The second-order valence-corrected chi connectivity index (χ2v) is 11.1. The minimum Gasteiger partial charge on any atom is -0.348 e. The summed E-state index contributed by atoms with van der Waals surface area (Å²) in [6.07, 6.45) is 6.05. The van der Waals surface area contributed by atoms with Gasteiger partial charge < -0.3 is 4.57 Å². The number of fused-ring (bicyclic) bond motifs is 3. The number of ketones is 1. The number of aryl methyl sites for hydroxylation is 3. The SMILES string of the molecule is Cc1cc(C(=O)CSc2ncnc3sc4c(c23)CC[C@H](C)C4)c(C)n1CCc1ccccc1. The molecule has 3 heterocycles. The number of benzene rings is 1. The molecule has 3 aromatic heterocycles. The summed E-state index contributed by atoms with van der Waals surface area (Å²) in [4.78, 5) is 24.9. The molecule has 0 radical (unpaired) electrons. The average molecular weight is 476 g/mol. The lowest BCUT2D eigenvalue weighted by Gasteiger charge is -2.18. The summed E-state index contributed by atoms with van der Waals surface area (Å²) in [7, 11) is 0. The van der Waals surface area contributed by atoms with Crippen LogP contribution in [0.3, 0.4) is 0 Å². The van der Waals surface area contributed by atoms with Crippen LogP contribution < -0.4 is 0 Å². The van der Waals surface area contributed by atoms with E-state index in [0.29, 0.717) is 5.75 Å². The van der Waals surface area contributed by atoms with Crippen LogP contribution in [0.15, 0.2) is 47.8 Å². The van der Waals surface area contributed by atoms with E-state index in [2.05, 4.69) is 59.6 Å². The zero-order chi connectivity index (χ0) is 22.9. The molecule has 1 atom stereocenters. The van der Waals surface area contributed by atoms with E-state index in [1.54, 1.807) is 29.4 Å². The molecule has 1 aliphatic rings. The maximum absolute atomic E-state index is 13.2. The molecule has 33 heavy (non-hydrogen) atoms. The van der Waals surface area contributed by atoms with Crippen molar-refractivity contribution in [1.82, 2.24) is 14.5 Å². The van der Waals surface area contributed by atoms with Gasteiger partial charge in [-0.25, -0.2) is 9.97 Å². The summed E-state index contributed by atoms with van der Waals surface area (Å²) < 4.78 is 2.27. The Morgan fingerprint density at radius 3 is 2.85 bits per heavy atom. The maximum atomic E-state index is 13.2. The van der Waals surface area contributed by atoms with Crippen molar-refractivity contribution in [2.45, 2.75) is 58.0 Å². The Morgan fingerprint density at radius 1 is 1.21 bits per heavy atom. The van der Waals surface area contributed by atoms with E-state index in [0.717, 1.165) is 58.5 Å². The van der Waals surface area contributed by atoms with E-state index in [1.807, 2.05) is 12.1 Å². The van der Waals surface area contributed by atoms with E-state index in [1.165, 1.54) is 27.8 Å². The standard InChI is InChI=1S/C27H29N3OS2/c1-17-9-10-21-24(13-17)33-27-25(21)26(28-16-29-27)32-15-23(31)22-14-18(2)30(19(22)3)12-11-20-7-5-4-6-8-20/h4-8,14,16-17H,9-13,15H2,1-3H3/t17-/m0/s1. The molecular weight excluding hydrogens is 446 g/mol. The van der Waals surface area contributed by atoms with Crippen molar-refractivity contribution in [2.75, 3.05) is 5.75 Å². The highest BCUT2D eigenvalue weighted by atomic mass is 32.2. The highest BCUT2D eigenvalue weighted by Gasteiger charge is 2.24. The number of hydrogen-bond donors (Lipinski definition) is 0. The quantitative estimate of drug-likeness (QED) is 0.175. The summed E-state index contributed by atoms with van der Waals surface area (Å²) in [5, 5.41) is 2.15. The van der Waals surface area contributed by atoms with Gasteiger partial charge >= 0.3 is 0 Å². The highest BCUT2D eigenvalue weighted by Crippen LogP contribution is 2.40. The molecule has 0 bridgehead atoms. The largest absolute Gasteiger partial charge is 0.348 e. The third kappa shape index (κ3) is 4.51. The van der Waals surface area contributed by atoms with E-state index in [4.69, 9.17) is 0 Å². The lowest BCUT2D eigenvalue weighted by atomic mass is 9.89. The number of thioether (sulfide) groups is 1. The molecule has 0 fully saturated rings. The molecule has 4 nitrogen and oxygen atoms in total. The summed E-state index contributed by atoms with van der Waals surface area (Å²) in [5.74, 6) is 1.30. The van der Waals surface area contributed by atoms with Crippen LogP contribution in [-0.2, 0) is 25.8 Å². The number of carbonyl (C=O) groups excluding carboxylic acids is 1. The predicted octanol–water partition coefficient (Wildman–Crippen LogP) is 6.45. The Kier molecular flexibility index (Phi) is 6.39. The summed E-state index contributed by atoms with van der Waals surface area (Å²) in [6.45, 7) is 7.36. The van der Waals surface area contributed by atoms with Gasteiger partial charge in [-0.05, 0) is 62.6 Å². The monoisotopic (exact) mass is 475 g/mol. The molecule has 0 saturated heterocycles. The van der Waals surface area contributed by atoms with Gasteiger partial charge in [0.15, 0.2) is 5.78 Å². The van der Waals surface area contributed by atoms with Gasteiger partial charge in [0.25, 0.3) is 0 Å². The van der Waals surface area contributed by atoms with E-state index in [9.17, 15) is 4.79 Å². The number of hydrogen-bond acceptors (Lipinski definition) is 5. The van der Waals surface area contributed by atoms with Gasteiger partial charge in [0.1, 0.15) is 16.2 Å². The lowest BCUT2D eigenvalue weighted by Crippen LogP contribution is -2.09. The van der Waals surface area contributed by atoms with Crippen LogP contribution in [0.2, 0.25) is 0 Å². The van der Waals surface area contributed by atoms with Crippen LogP contribution in [0.5, 0.6) is 0 Å². The molecule has 0 aliphatic heterocycles. The number of rotatable bonds is 7. The predicted molar refractivity (Wildman–Crippen MR) is 138 cm³/mol. The van der Waals surface area contributed by atoms with Crippen LogP contribution in [0, 0.1) is 19.8 Å². The number of thiophene rings is 1. The molecule has 0 spiro atoms. The van der Waals surface area contributed by atoms with Crippen LogP contribution >= 0.6 is 23.1 Å². The fourth-order valence-electron chi connectivity index (χ4n) is 4.88. The fraction of sp³-hybridized carbons (Fsp3) is 0.370. The first-order valence-electron chi connectivity index (χ1n) is 11.6. The van der Waals surface area contributed by atoms with Crippen molar-refractivity contribution in [2.24, 2.45) is 5.92 Å². The lowest BCUT2D eigenvalue weighted by molar-refractivity contribution is 0.102. The minimum atomic E-state index is 0.170. The van der Waals surface area contributed by atoms with Gasteiger partial charge in [0, 0.05) is 33.8 Å². The molecule has 0 unspecified atom stereocenters. The van der Waals surface area contributed by atoms with Gasteiger partial charge in [-0.3, -0.25) is 4.79 Å². The first kappa shape index (κ1) is 22.4. The number of Topliss-reactive ketones (excluding diaryl/α,β-unsaturated/α-hetero) is 1. The summed E-state index contributed by atoms with van der Waals surface area (Å²) >= 11 is 3.37. The smallest absolute Gasteiger partial charge is 0.174 e. The summed E-state index contributed by atoms with van der Waals surface area (Å²) in [6, 6.07) is 12.6. The molecule has 170 valence electrons. The van der Waals surface area contributed by atoms with E-state index >= 15 is 0 Å². The summed E-state index contributed by atoms with van der Waals surface area (Å²) in [5.41, 5.74) is 5.77. The van der Waals surface area contributed by atoms with Crippen LogP contribution in [0.1, 0.15) is 51.1 Å². The van der Waals surface area contributed by atoms with Crippen molar-refractivity contribution < 1.29 is 4.79 Å². The third-order valence-electron chi connectivity index (χ3n) is 6.74. The molecular formula is C27H29N3OS2.